The van der Waals surface area contributed by atoms with E-state index in [-0.39, 0.29) is 11.8 Å². The van der Waals surface area contributed by atoms with Gasteiger partial charge in [-0.2, -0.15) is 0 Å². The highest BCUT2D eigenvalue weighted by molar-refractivity contribution is 5.86. The van der Waals surface area contributed by atoms with E-state index in [1.54, 1.807) is 0 Å². The van der Waals surface area contributed by atoms with Gasteiger partial charge in [0.15, 0.2) is 0 Å². The van der Waals surface area contributed by atoms with Gasteiger partial charge >= 0.3 is 5.70 Å². The number of nitrogens with zero attached hydrogens (tertiary/aromatic N) is 2. The third-order valence-electron chi connectivity index (χ3n) is 2.21. The molecule has 6 nitrogen and oxygen atoms in total. The van der Waals surface area contributed by atoms with E-state index in [9.17, 15) is 15.2 Å². The third kappa shape index (κ3) is 3.59. The van der Waals surface area contributed by atoms with Gasteiger partial charge in [-0.3, -0.25) is 15.1 Å². The summed E-state index contributed by atoms with van der Waals surface area (Å²) in [6.45, 7) is 0. The SMILES string of the molecule is N=C/C(=C\N=C1CCCC(O)C1)[N+](=O)[O-]. The van der Waals surface area contributed by atoms with Crippen LogP contribution in [0, 0.1) is 15.5 Å². The molecule has 0 heterocycles. The van der Waals surface area contributed by atoms with Crippen molar-refractivity contribution < 1.29 is 10.0 Å². The second-order valence-corrected chi connectivity index (χ2v) is 3.40. The van der Waals surface area contributed by atoms with Gasteiger partial charge in [0.05, 0.1) is 17.2 Å². The molecule has 0 aliphatic heterocycles. The fraction of sp³-hybridized carbons (Fsp3) is 0.556. The first-order valence-corrected chi connectivity index (χ1v) is 4.72. The number of hydrogen-bond donors (Lipinski definition) is 2. The highest BCUT2D eigenvalue weighted by Crippen LogP contribution is 2.16. The van der Waals surface area contributed by atoms with Crippen molar-refractivity contribution >= 4 is 11.9 Å². The van der Waals surface area contributed by atoms with Crippen LogP contribution in [0.25, 0.3) is 0 Å². The molecule has 0 spiro atoms. The maximum atomic E-state index is 10.3. The van der Waals surface area contributed by atoms with E-state index in [0.717, 1.165) is 31.2 Å². The van der Waals surface area contributed by atoms with Gasteiger partial charge in [-0.1, -0.05) is 0 Å². The highest BCUT2D eigenvalue weighted by Gasteiger charge is 2.15. The van der Waals surface area contributed by atoms with Crippen LogP contribution >= 0.6 is 0 Å². The van der Waals surface area contributed by atoms with Gasteiger partial charge < -0.3 is 10.5 Å². The normalized spacial score (nSPS) is 25.3. The van der Waals surface area contributed by atoms with Crippen molar-refractivity contribution in [2.24, 2.45) is 4.99 Å². The lowest BCUT2D eigenvalue weighted by Gasteiger charge is -2.17. The van der Waals surface area contributed by atoms with E-state index in [4.69, 9.17) is 5.41 Å². The van der Waals surface area contributed by atoms with Gasteiger partial charge in [0, 0.05) is 12.1 Å². The van der Waals surface area contributed by atoms with Crippen molar-refractivity contribution in [3.05, 3.63) is 22.0 Å². The fourth-order valence-corrected chi connectivity index (χ4v) is 1.43. The lowest BCUT2D eigenvalue weighted by atomic mass is 9.96. The van der Waals surface area contributed by atoms with Crippen LogP contribution in [0.2, 0.25) is 0 Å². The van der Waals surface area contributed by atoms with Crippen LogP contribution < -0.4 is 0 Å². The number of nitro groups is 1. The maximum absolute atomic E-state index is 10.3. The molecule has 0 aromatic heterocycles. The Kier molecular flexibility index (Phi) is 4.11. The van der Waals surface area contributed by atoms with Crippen LogP contribution in [0.15, 0.2) is 16.9 Å². The molecule has 0 aromatic carbocycles. The predicted molar refractivity (Wildman–Crippen MR) is 55.8 cm³/mol. The van der Waals surface area contributed by atoms with Crippen molar-refractivity contribution in [1.29, 1.82) is 5.41 Å². The topological polar surface area (TPSA) is 99.6 Å². The standard InChI is InChI=1S/C9H13N3O3/c10-5-8(12(14)15)6-11-7-2-1-3-9(13)4-7/h5-6,9-10,13H,1-4H2/b8-6+,10-5?,11-7?. The van der Waals surface area contributed by atoms with Gasteiger partial charge in [-0.25, -0.2) is 0 Å². The quantitative estimate of drug-likeness (QED) is 0.415. The zero-order chi connectivity index (χ0) is 11.3. The van der Waals surface area contributed by atoms with Crippen LogP contribution in [0.4, 0.5) is 0 Å². The number of hydrogen-bond acceptors (Lipinski definition) is 5. The van der Waals surface area contributed by atoms with E-state index in [2.05, 4.69) is 4.99 Å². The number of allylic oxidation sites excluding steroid dienone is 1. The molecule has 6 heteroatoms. The molecule has 15 heavy (non-hydrogen) atoms. The first-order chi connectivity index (χ1) is 7.13. The van der Waals surface area contributed by atoms with E-state index >= 15 is 0 Å². The summed E-state index contributed by atoms with van der Waals surface area (Å²) in [6, 6.07) is 0. The summed E-state index contributed by atoms with van der Waals surface area (Å²) in [5.74, 6) is 0. The minimum absolute atomic E-state index is 0.345. The molecular weight excluding hydrogens is 198 g/mol. The van der Waals surface area contributed by atoms with Gasteiger partial charge in [0.2, 0.25) is 0 Å². The molecule has 82 valence electrons. The van der Waals surface area contributed by atoms with Gasteiger partial charge in [-0.15, -0.1) is 0 Å². The number of aliphatic hydroxyl groups is 1. The van der Waals surface area contributed by atoms with Crippen molar-refractivity contribution in [3.8, 4) is 0 Å². The summed E-state index contributed by atoms with van der Waals surface area (Å²) >= 11 is 0. The summed E-state index contributed by atoms with van der Waals surface area (Å²) in [6.07, 6.45) is 4.19. The largest absolute Gasteiger partial charge is 0.393 e. The summed E-state index contributed by atoms with van der Waals surface area (Å²) in [5.41, 5.74) is 0.414. The van der Waals surface area contributed by atoms with Crippen LogP contribution in [0.3, 0.4) is 0 Å². The fourth-order valence-electron chi connectivity index (χ4n) is 1.43. The minimum Gasteiger partial charge on any atom is -0.393 e. The van der Waals surface area contributed by atoms with Crippen molar-refractivity contribution in [2.75, 3.05) is 0 Å². The monoisotopic (exact) mass is 211 g/mol. The Morgan fingerprint density at radius 1 is 1.73 bits per heavy atom. The minimum atomic E-state index is -0.656. The summed E-state index contributed by atoms with van der Waals surface area (Å²) in [5, 5.41) is 26.5. The molecule has 1 atom stereocenters. The first kappa shape index (κ1) is 11.5. The summed E-state index contributed by atoms with van der Waals surface area (Å²) in [4.78, 5) is 13.6. The Morgan fingerprint density at radius 2 is 2.47 bits per heavy atom. The van der Waals surface area contributed by atoms with Crippen LogP contribution in [-0.4, -0.2) is 28.1 Å². The molecule has 0 aromatic rings. The molecule has 1 aliphatic rings. The summed E-state index contributed by atoms with van der Waals surface area (Å²) < 4.78 is 0. The number of nitrogens with one attached hydrogen (secondary N) is 1. The molecule has 0 bridgehead atoms. The average Bonchev–Trinajstić information content (AvgIpc) is 2.18. The molecule has 1 unspecified atom stereocenters. The van der Waals surface area contributed by atoms with Crippen LogP contribution in [0.1, 0.15) is 25.7 Å². The zero-order valence-electron chi connectivity index (χ0n) is 8.22. The van der Waals surface area contributed by atoms with E-state index in [0.29, 0.717) is 12.6 Å². The number of rotatable bonds is 3. The van der Waals surface area contributed by atoms with Gasteiger partial charge in [-0.05, 0) is 19.3 Å². The third-order valence-corrected chi connectivity index (χ3v) is 2.21. The lowest BCUT2D eigenvalue weighted by molar-refractivity contribution is -0.414. The molecule has 1 fully saturated rings. The van der Waals surface area contributed by atoms with Gasteiger partial charge in [0.25, 0.3) is 0 Å². The second kappa shape index (κ2) is 5.35. The first-order valence-electron chi connectivity index (χ1n) is 4.72. The van der Waals surface area contributed by atoms with Crippen molar-refractivity contribution in [2.45, 2.75) is 31.8 Å². The summed E-state index contributed by atoms with van der Waals surface area (Å²) in [7, 11) is 0. The Bertz CT molecular complexity index is 323. The Labute approximate surface area is 87.0 Å². The number of aliphatic hydroxyl groups excluding tert-OH is 1. The maximum Gasteiger partial charge on any atom is 0.304 e. The van der Waals surface area contributed by atoms with E-state index in [1.165, 1.54) is 0 Å². The zero-order valence-corrected chi connectivity index (χ0v) is 8.22. The smallest absolute Gasteiger partial charge is 0.304 e. The van der Waals surface area contributed by atoms with Crippen LogP contribution in [0.5, 0.6) is 0 Å². The average molecular weight is 211 g/mol. The van der Waals surface area contributed by atoms with E-state index in [1.807, 2.05) is 0 Å². The van der Waals surface area contributed by atoms with E-state index < -0.39 is 4.92 Å². The molecule has 1 rings (SSSR count). The molecule has 0 radical (unpaired) electrons. The Hall–Kier alpha value is -1.56. The molecule has 0 amide bonds. The molecule has 1 saturated carbocycles. The molecule has 1 aliphatic carbocycles. The number of aliphatic imine (C=N–C) groups is 1. The highest BCUT2D eigenvalue weighted by atomic mass is 16.6. The van der Waals surface area contributed by atoms with Crippen LogP contribution in [-0.2, 0) is 0 Å². The predicted octanol–water partition coefficient (Wildman–Crippen LogP) is 1.13. The molecular formula is C9H13N3O3. The molecule has 2 N–H and O–H groups in total. The van der Waals surface area contributed by atoms with Crippen molar-refractivity contribution in [3.63, 3.8) is 0 Å². The molecule has 0 saturated heterocycles. The second-order valence-electron chi connectivity index (χ2n) is 3.40. The lowest BCUT2D eigenvalue weighted by Crippen LogP contribution is -2.19. The Morgan fingerprint density at radius 3 is 3.00 bits per heavy atom. The Balaban J connectivity index is 2.69. The van der Waals surface area contributed by atoms with Gasteiger partial charge in [0.1, 0.15) is 6.20 Å². The van der Waals surface area contributed by atoms with Crippen molar-refractivity contribution in [1.82, 2.24) is 0 Å².